The second-order valence-electron chi connectivity index (χ2n) is 5.67. The van der Waals surface area contributed by atoms with Gasteiger partial charge < -0.3 is 16.4 Å². The molecule has 4 heteroatoms. The van der Waals surface area contributed by atoms with Crippen molar-refractivity contribution in [2.75, 3.05) is 19.6 Å². The highest BCUT2D eigenvalue weighted by molar-refractivity contribution is 5.79. The van der Waals surface area contributed by atoms with Crippen molar-refractivity contribution in [3.05, 3.63) is 0 Å². The Morgan fingerprint density at radius 1 is 1.06 bits per heavy atom. The highest BCUT2D eigenvalue weighted by Gasteiger charge is 2.15. The monoisotopic (exact) mass is 243 g/mol. The largest absolute Gasteiger partial charge is 0.368 e. The molecule has 4 N–H and O–H groups in total. The minimum atomic E-state index is -0.547. The molecule has 1 atom stereocenters. The van der Waals surface area contributed by atoms with Gasteiger partial charge in [-0.2, -0.15) is 0 Å². The molecule has 0 aromatic rings. The van der Waals surface area contributed by atoms with Gasteiger partial charge in [0.25, 0.3) is 0 Å². The predicted octanol–water partition coefficient (Wildman–Crippen LogP) is 1.19. The van der Waals surface area contributed by atoms with Crippen LogP contribution in [-0.2, 0) is 4.79 Å². The zero-order valence-electron chi connectivity index (χ0n) is 11.8. The van der Waals surface area contributed by atoms with Gasteiger partial charge in [0.15, 0.2) is 0 Å². The molecular weight excluding hydrogens is 214 g/mol. The van der Waals surface area contributed by atoms with E-state index < -0.39 is 11.9 Å². The van der Waals surface area contributed by atoms with E-state index in [1.807, 2.05) is 0 Å². The SMILES string of the molecule is CC(C)CCN(CCC(C)C)CC(N)C(N)=O. The molecule has 0 saturated heterocycles. The molecular formula is C13H29N3O. The smallest absolute Gasteiger partial charge is 0.235 e. The maximum absolute atomic E-state index is 11.0. The maximum Gasteiger partial charge on any atom is 0.235 e. The number of nitrogens with zero attached hydrogens (tertiary/aromatic N) is 1. The highest BCUT2D eigenvalue weighted by Crippen LogP contribution is 2.06. The van der Waals surface area contributed by atoms with Crippen molar-refractivity contribution in [2.24, 2.45) is 23.3 Å². The molecule has 0 aromatic heterocycles. The van der Waals surface area contributed by atoms with Crippen LogP contribution in [0.25, 0.3) is 0 Å². The number of hydrogen-bond acceptors (Lipinski definition) is 3. The molecule has 1 amide bonds. The van der Waals surface area contributed by atoms with Gasteiger partial charge in [0.05, 0.1) is 6.04 Å². The van der Waals surface area contributed by atoms with Crippen molar-refractivity contribution in [3.8, 4) is 0 Å². The quantitative estimate of drug-likeness (QED) is 0.639. The fourth-order valence-electron chi connectivity index (χ4n) is 1.54. The lowest BCUT2D eigenvalue weighted by atomic mass is 10.1. The van der Waals surface area contributed by atoms with E-state index in [1.54, 1.807) is 0 Å². The Morgan fingerprint density at radius 3 is 1.76 bits per heavy atom. The van der Waals surface area contributed by atoms with Crippen LogP contribution in [0, 0.1) is 11.8 Å². The number of primary amides is 1. The third-order valence-electron chi connectivity index (χ3n) is 2.87. The van der Waals surface area contributed by atoms with E-state index in [4.69, 9.17) is 11.5 Å². The summed E-state index contributed by atoms with van der Waals surface area (Å²) >= 11 is 0. The normalized spacial score (nSPS) is 13.6. The minimum Gasteiger partial charge on any atom is -0.368 e. The Labute approximate surface area is 106 Å². The second-order valence-corrected chi connectivity index (χ2v) is 5.67. The zero-order chi connectivity index (χ0) is 13.4. The molecule has 17 heavy (non-hydrogen) atoms. The van der Waals surface area contributed by atoms with Gasteiger partial charge in [0, 0.05) is 6.54 Å². The van der Waals surface area contributed by atoms with Crippen molar-refractivity contribution in [1.82, 2.24) is 4.90 Å². The summed E-state index contributed by atoms with van der Waals surface area (Å²) in [5.41, 5.74) is 10.9. The van der Waals surface area contributed by atoms with Crippen LogP contribution in [0.5, 0.6) is 0 Å². The van der Waals surface area contributed by atoms with E-state index in [-0.39, 0.29) is 0 Å². The van der Waals surface area contributed by atoms with Crippen LogP contribution in [-0.4, -0.2) is 36.5 Å². The van der Waals surface area contributed by atoms with Crippen molar-refractivity contribution in [1.29, 1.82) is 0 Å². The summed E-state index contributed by atoms with van der Waals surface area (Å²) in [7, 11) is 0. The highest BCUT2D eigenvalue weighted by atomic mass is 16.1. The Morgan fingerprint density at radius 2 is 1.47 bits per heavy atom. The Bertz CT molecular complexity index is 205. The van der Waals surface area contributed by atoms with Gasteiger partial charge in [-0.1, -0.05) is 27.7 Å². The van der Waals surface area contributed by atoms with Gasteiger partial charge in [0.2, 0.25) is 5.91 Å². The summed E-state index contributed by atoms with van der Waals surface area (Å²) in [6.07, 6.45) is 2.26. The van der Waals surface area contributed by atoms with Crippen LogP contribution in [0.3, 0.4) is 0 Å². The van der Waals surface area contributed by atoms with Crippen molar-refractivity contribution in [3.63, 3.8) is 0 Å². The zero-order valence-corrected chi connectivity index (χ0v) is 11.8. The van der Waals surface area contributed by atoms with Gasteiger partial charge in [-0.3, -0.25) is 4.79 Å². The minimum absolute atomic E-state index is 0.413. The molecule has 0 bridgehead atoms. The molecule has 0 rings (SSSR count). The summed E-state index contributed by atoms with van der Waals surface area (Å²) in [4.78, 5) is 13.2. The third kappa shape index (κ3) is 9.12. The summed E-state index contributed by atoms with van der Waals surface area (Å²) in [5.74, 6) is 0.923. The fourth-order valence-corrected chi connectivity index (χ4v) is 1.54. The molecule has 102 valence electrons. The molecule has 1 unspecified atom stereocenters. The van der Waals surface area contributed by atoms with Gasteiger partial charge in [-0.05, 0) is 37.8 Å². The first kappa shape index (κ1) is 16.4. The lowest BCUT2D eigenvalue weighted by Gasteiger charge is -2.25. The molecule has 0 aliphatic carbocycles. The van der Waals surface area contributed by atoms with Gasteiger partial charge in [0.1, 0.15) is 0 Å². The molecule has 0 fully saturated rings. The van der Waals surface area contributed by atoms with Crippen LogP contribution in [0.1, 0.15) is 40.5 Å². The van der Waals surface area contributed by atoms with Crippen LogP contribution < -0.4 is 11.5 Å². The molecule has 0 aliphatic rings. The number of carbonyl (C=O) groups excluding carboxylic acids is 1. The Hall–Kier alpha value is -0.610. The van der Waals surface area contributed by atoms with Gasteiger partial charge >= 0.3 is 0 Å². The topological polar surface area (TPSA) is 72.3 Å². The van der Waals surface area contributed by atoms with Gasteiger partial charge in [-0.25, -0.2) is 0 Å². The lowest BCUT2D eigenvalue weighted by Crippen LogP contribution is -2.46. The number of hydrogen-bond donors (Lipinski definition) is 2. The molecule has 0 radical (unpaired) electrons. The van der Waals surface area contributed by atoms with E-state index >= 15 is 0 Å². The van der Waals surface area contributed by atoms with Crippen molar-refractivity contribution >= 4 is 5.91 Å². The first-order valence-electron chi connectivity index (χ1n) is 6.60. The van der Waals surface area contributed by atoms with Crippen LogP contribution in [0.15, 0.2) is 0 Å². The predicted molar refractivity (Wildman–Crippen MR) is 72.5 cm³/mol. The summed E-state index contributed by atoms with van der Waals surface area (Å²) < 4.78 is 0. The summed E-state index contributed by atoms with van der Waals surface area (Å²) in [5, 5.41) is 0. The molecule has 0 spiro atoms. The number of rotatable bonds is 9. The molecule has 4 nitrogen and oxygen atoms in total. The van der Waals surface area contributed by atoms with Crippen LogP contribution in [0.2, 0.25) is 0 Å². The molecule has 0 aromatic carbocycles. The molecule has 0 heterocycles. The van der Waals surface area contributed by atoms with Crippen LogP contribution >= 0.6 is 0 Å². The van der Waals surface area contributed by atoms with Crippen molar-refractivity contribution < 1.29 is 4.79 Å². The number of amides is 1. The first-order valence-corrected chi connectivity index (χ1v) is 6.60. The summed E-state index contributed by atoms with van der Waals surface area (Å²) in [6, 6.07) is -0.547. The Kier molecular flexibility index (Phi) is 8.17. The van der Waals surface area contributed by atoms with E-state index in [2.05, 4.69) is 32.6 Å². The number of carbonyl (C=O) groups is 1. The average Bonchev–Trinajstić information content (AvgIpc) is 2.21. The number of nitrogens with two attached hydrogens (primary N) is 2. The van der Waals surface area contributed by atoms with E-state index in [1.165, 1.54) is 0 Å². The Balaban J connectivity index is 4.14. The second kappa shape index (κ2) is 8.48. The first-order chi connectivity index (χ1) is 7.82. The van der Waals surface area contributed by atoms with E-state index in [0.717, 1.165) is 25.9 Å². The standard InChI is InChI=1S/C13H29N3O/c1-10(2)5-7-16(8-6-11(3)4)9-12(14)13(15)17/h10-12H,5-9,14H2,1-4H3,(H2,15,17). The van der Waals surface area contributed by atoms with E-state index in [9.17, 15) is 4.79 Å². The molecule has 0 aliphatic heterocycles. The lowest BCUT2D eigenvalue weighted by molar-refractivity contribution is -0.119. The molecule has 0 saturated carbocycles. The van der Waals surface area contributed by atoms with E-state index in [0.29, 0.717) is 18.4 Å². The average molecular weight is 243 g/mol. The fraction of sp³-hybridized carbons (Fsp3) is 0.923. The van der Waals surface area contributed by atoms with Crippen LogP contribution in [0.4, 0.5) is 0 Å². The maximum atomic E-state index is 11.0. The third-order valence-corrected chi connectivity index (χ3v) is 2.87. The van der Waals surface area contributed by atoms with Crippen molar-refractivity contribution in [2.45, 2.75) is 46.6 Å². The van der Waals surface area contributed by atoms with Gasteiger partial charge in [-0.15, -0.1) is 0 Å². The summed E-state index contributed by atoms with van der Waals surface area (Å²) in [6.45, 7) is 11.4.